The molecule has 0 amide bonds. The molecule has 0 aromatic carbocycles. The first-order valence-corrected chi connectivity index (χ1v) is 8.21. The molecule has 1 N–H and O–H groups in total. The second-order valence-corrected chi connectivity index (χ2v) is 6.38. The molecule has 22 heavy (non-hydrogen) atoms. The van der Waals surface area contributed by atoms with Crippen molar-refractivity contribution in [2.24, 2.45) is 5.92 Å². The summed E-state index contributed by atoms with van der Waals surface area (Å²) in [7, 11) is 1.99. The van der Waals surface area contributed by atoms with E-state index >= 15 is 0 Å². The molecular weight excluding hydrogens is 300 g/mol. The molecule has 0 aliphatic rings. The summed E-state index contributed by atoms with van der Waals surface area (Å²) in [6.45, 7) is 6.21. The molecule has 0 atom stereocenters. The molecule has 0 fully saturated rings. The Hall–Kier alpha value is -1.73. The zero-order valence-corrected chi connectivity index (χ0v) is 14.0. The van der Waals surface area contributed by atoms with Crippen LogP contribution in [0.5, 0.6) is 0 Å². The van der Waals surface area contributed by atoms with Gasteiger partial charge in [-0.05, 0) is 12.0 Å². The first-order chi connectivity index (χ1) is 10.6. The van der Waals surface area contributed by atoms with Crippen molar-refractivity contribution in [1.29, 1.82) is 0 Å². The second-order valence-electron chi connectivity index (χ2n) is 5.55. The van der Waals surface area contributed by atoms with Gasteiger partial charge in [0.05, 0.1) is 30.5 Å². The summed E-state index contributed by atoms with van der Waals surface area (Å²) >= 11 is 1.53. The van der Waals surface area contributed by atoms with Gasteiger partial charge in [0.2, 0.25) is 0 Å². The largest absolute Gasteiger partial charge is 0.464 e. The van der Waals surface area contributed by atoms with Crippen molar-refractivity contribution in [1.82, 2.24) is 15.3 Å². The Bertz CT molecular complexity index is 614. The lowest BCUT2D eigenvalue weighted by molar-refractivity contribution is -0.143. The van der Waals surface area contributed by atoms with Gasteiger partial charge in [-0.25, -0.2) is 9.97 Å². The molecule has 7 heteroatoms. The molecule has 0 bridgehead atoms. The minimum Gasteiger partial charge on any atom is -0.464 e. The Morgan fingerprint density at radius 1 is 1.45 bits per heavy atom. The molecule has 2 heterocycles. The molecule has 2 aromatic heterocycles. The van der Waals surface area contributed by atoms with Gasteiger partial charge in [0.25, 0.3) is 0 Å². The van der Waals surface area contributed by atoms with Gasteiger partial charge < -0.3 is 15.0 Å². The van der Waals surface area contributed by atoms with E-state index in [9.17, 15) is 4.79 Å². The van der Waals surface area contributed by atoms with Gasteiger partial charge in [0, 0.05) is 20.1 Å². The first kappa shape index (κ1) is 16.6. The second kappa shape index (κ2) is 8.05. The number of hydrogen-bond donors (Lipinski definition) is 1. The van der Waals surface area contributed by atoms with E-state index in [2.05, 4.69) is 20.2 Å². The summed E-state index contributed by atoms with van der Waals surface area (Å²) in [5.74, 6) is 0.158. The number of nitrogens with one attached hydrogen (secondary N) is 1. The van der Waals surface area contributed by atoms with Crippen LogP contribution in [0.2, 0.25) is 0 Å². The quantitative estimate of drug-likeness (QED) is 0.591. The van der Waals surface area contributed by atoms with Crippen LogP contribution < -0.4 is 10.2 Å². The number of nitrogens with zero attached hydrogens (tertiary/aromatic N) is 3. The summed E-state index contributed by atoms with van der Waals surface area (Å²) in [6, 6.07) is 2.02. The highest BCUT2D eigenvalue weighted by Crippen LogP contribution is 2.20. The minimum atomic E-state index is -0.207. The number of pyridine rings is 1. The van der Waals surface area contributed by atoms with Gasteiger partial charge in [-0.3, -0.25) is 4.79 Å². The molecule has 120 valence electrons. The minimum absolute atomic E-state index is 0.207. The molecule has 2 rings (SSSR count). The predicted molar refractivity (Wildman–Crippen MR) is 89.4 cm³/mol. The standard InChI is InChI=1S/C15H22N4O2S/c1-11(2)9-21-14(20)8-16-4-5-19(3)12-6-13-15(17-7-12)22-10-18-13/h6-7,10-11,16H,4-5,8-9H2,1-3H3. The lowest BCUT2D eigenvalue weighted by Crippen LogP contribution is -2.33. The van der Waals surface area contributed by atoms with E-state index in [1.54, 1.807) is 5.51 Å². The number of rotatable bonds is 8. The van der Waals surface area contributed by atoms with E-state index in [-0.39, 0.29) is 12.5 Å². The molecule has 0 radical (unpaired) electrons. The van der Waals surface area contributed by atoms with E-state index in [0.29, 0.717) is 19.1 Å². The molecular formula is C15H22N4O2S. The van der Waals surface area contributed by atoms with E-state index in [1.165, 1.54) is 11.3 Å². The van der Waals surface area contributed by atoms with Crippen LogP contribution in [0.15, 0.2) is 17.8 Å². The zero-order chi connectivity index (χ0) is 15.9. The highest BCUT2D eigenvalue weighted by Gasteiger charge is 2.06. The Morgan fingerprint density at radius 2 is 2.27 bits per heavy atom. The first-order valence-electron chi connectivity index (χ1n) is 7.33. The number of carbonyl (C=O) groups is 1. The average molecular weight is 322 g/mol. The Kier molecular flexibility index (Phi) is 6.09. The molecule has 2 aromatic rings. The SMILES string of the molecule is CC(C)COC(=O)CNCCN(C)c1cnc2scnc2c1. The Morgan fingerprint density at radius 3 is 3.05 bits per heavy atom. The number of aromatic nitrogens is 2. The summed E-state index contributed by atoms with van der Waals surface area (Å²) < 4.78 is 5.10. The number of ether oxygens (including phenoxy) is 1. The maximum absolute atomic E-state index is 11.5. The third-order valence-corrected chi connectivity index (χ3v) is 3.83. The Labute approximate surface area is 134 Å². The van der Waals surface area contributed by atoms with Crippen LogP contribution in [0.1, 0.15) is 13.8 Å². The monoisotopic (exact) mass is 322 g/mol. The highest BCUT2D eigenvalue weighted by molar-refractivity contribution is 7.16. The number of anilines is 1. The number of thiazole rings is 1. The molecule has 6 nitrogen and oxygen atoms in total. The highest BCUT2D eigenvalue weighted by atomic mass is 32.1. The summed E-state index contributed by atoms with van der Waals surface area (Å²) in [6.07, 6.45) is 1.84. The van der Waals surface area contributed by atoms with E-state index < -0.39 is 0 Å². The maximum atomic E-state index is 11.5. The van der Waals surface area contributed by atoms with Gasteiger partial charge in [0.15, 0.2) is 0 Å². The maximum Gasteiger partial charge on any atom is 0.319 e. The van der Waals surface area contributed by atoms with Crippen LogP contribution in [-0.2, 0) is 9.53 Å². The van der Waals surface area contributed by atoms with Crippen LogP contribution in [-0.4, -0.2) is 49.2 Å². The van der Waals surface area contributed by atoms with Crippen molar-refractivity contribution in [3.8, 4) is 0 Å². The van der Waals surface area contributed by atoms with Crippen molar-refractivity contribution in [3.05, 3.63) is 17.8 Å². The topological polar surface area (TPSA) is 67.3 Å². The Balaban J connectivity index is 1.71. The van der Waals surface area contributed by atoms with Crippen molar-refractivity contribution in [2.75, 3.05) is 38.2 Å². The predicted octanol–water partition coefficient (Wildman–Crippen LogP) is 1.92. The fraction of sp³-hybridized carbons (Fsp3) is 0.533. The number of hydrogen-bond acceptors (Lipinski definition) is 7. The van der Waals surface area contributed by atoms with E-state index in [1.807, 2.05) is 33.2 Å². The van der Waals surface area contributed by atoms with Crippen molar-refractivity contribution in [3.63, 3.8) is 0 Å². The molecule has 0 saturated carbocycles. The van der Waals surface area contributed by atoms with Crippen molar-refractivity contribution >= 4 is 33.3 Å². The van der Waals surface area contributed by atoms with E-state index in [4.69, 9.17) is 4.74 Å². The smallest absolute Gasteiger partial charge is 0.319 e. The summed E-state index contributed by atoms with van der Waals surface area (Å²) in [5.41, 5.74) is 3.73. The molecule has 0 saturated heterocycles. The third-order valence-electron chi connectivity index (χ3n) is 3.09. The van der Waals surface area contributed by atoms with Crippen molar-refractivity contribution in [2.45, 2.75) is 13.8 Å². The average Bonchev–Trinajstić information content (AvgIpc) is 2.96. The van der Waals surface area contributed by atoms with Gasteiger partial charge in [-0.15, -0.1) is 11.3 Å². The lowest BCUT2D eigenvalue weighted by Gasteiger charge is -2.19. The summed E-state index contributed by atoms with van der Waals surface area (Å²) in [5, 5.41) is 3.09. The van der Waals surface area contributed by atoms with Crippen LogP contribution in [0, 0.1) is 5.92 Å². The van der Waals surface area contributed by atoms with Crippen LogP contribution in [0.4, 0.5) is 5.69 Å². The molecule has 0 spiro atoms. The molecule has 0 aliphatic heterocycles. The molecule has 0 aliphatic carbocycles. The zero-order valence-electron chi connectivity index (χ0n) is 13.2. The van der Waals surface area contributed by atoms with Crippen molar-refractivity contribution < 1.29 is 9.53 Å². The lowest BCUT2D eigenvalue weighted by atomic mass is 10.2. The van der Waals surface area contributed by atoms with Gasteiger partial charge in [0.1, 0.15) is 10.3 Å². The van der Waals surface area contributed by atoms with Gasteiger partial charge in [-0.2, -0.15) is 0 Å². The van der Waals surface area contributed by atoms with Gasteiger partial charge in [-0.1, -0.05) is 13.8 Å². The molecule has 0 unspecified atom stereocenters. The number of likely N-dealkylation sites (N-methyl/N-ethyl adjacent to an activating group) is 1. The van der Waals surface area contributed by atoms with Crippen LogP contribution >= 0.6 is 11.3 Å². The fourth-order valence-corrected chi connectivity index (χ4v) is 2.44. The number of fused-ring (bicyclic) bond motifs is 1. The summed E-state index contributed by atoms with van der Waals surface area (Å²) in [4.78, 5) is 23.1. The fourth-order valence-electron chi connectivity index (χ4n) is 1.83. The number of esters is 1. The van der Waals surface area contributed by atoms with Gasteiger partial charge >= 0.3 is 5.97 Å². The van der Waals surface area contributed by atoms with E-state index in [0.717, 1.165) is 22.6 Å². The number of carbonyl (C=O) groups excluding carboxylic acids is 1. The van der Waals surface area contributed by atoms with Crippen LogP contribution in [0.3, 0.4) is 0 Å². The third kappa shape index (κ3) is 4.92. The van der Waals surface area contributed by atoms with Crippen LogP contribution in [0.25, 0.3) is 10.3 Å². The normalized spacial score (nSPS) is 11.1.